The number of hydrogen-bond donors (Lipinski definition) is 5. The summed E-state index contributed by atoms with van der Waals surface area (Å²) in [6.45, 7) is 4.03. The van der Waals surface area contributed by atoms with E-state index in [0.29, 0.717) is 12.8 Å². The predicted octanol–water partition coefficient (Wildman–Crippen LogP) is 10.2. The number of rotatable bonds is 39. The van der Waals surface area contributed by atoms with E-state index in [4.69, 9.17) is 14.8 Å². The van der Waals surface area contributed by atoms with Gasteiger partial charge < -0.3 is 26.2 Å². The Bertz CT molecular complexity index is 817. The zero-order valence-electron chi connectivity index (χ0n) is 32.5. The lowest BCUT2D eigenvalue weighted by atomic mass is 10.0. The van der Waals surface area contributed by atoms with Gasteiger partial charge in [0.15, 0.2) is 0 Å². The Morgan fingerprint density at radius 3 is 1.54 bits per heavy atom. The van der Waals surface area contributed by atoms with Gasteiger partial charge in [0.2, 0.25) is 5.91 Å². The van der Waals surface area contributed by atoms with Crippen LogP contribution in [0.5, 0.6) is 0 Å². The molecule has 0 saturated carbocycles. The van der Waals surface area contributed by atoms with Crippen molar-refractivity contribution in [1.82, 2.24) is 5.32 Å². The Hall–Kier alpha value is -0.800. The summed E-state index contributed by atoms with van der Waals surface area (Å²) in [6, 6.07) is -0.895. The molecule has 0 fully saturated rings. The van der Waals surface area contributed by atoms with E-state index in [0.717, 1.165) is 44.9 Å². The van der Waals surface area contributed by atoms with Crippen LogP contribution >= 0.6 is 7.82 Å². The molecule has 298 valence electrons. The molecule has 50 heavy (non-hydrogen) atoms. The summed E-state index contributed by atoms with van der Waals surface area (Å²) in [4.78, 5) is 22.7. The van der Waals surface area contributed by atoms with Crippen molar-refractivity contribution >= 4 is 13.7 Å². The average molecular weight is 733 g/mol. The molecule has 4 unspecified atom stereocenters. The number of carbonyl (C=O) groups excluding carboxylic acids is 1. The summed E-state index contributed by atoms with van der Waals surface area (Å²) >= 11 is 0. The zero-order chi connectivity index (χ0) is 37.0. The van der Waals surface area contributed by atoms with E-state index in [9.17, 15) is 24.5 Å². The van der Waals surface area contributed by atoms with E-state index in [1.54, 1.807) is 0 Å². The zero-order valence-corrected chi connectivity index (χ0v) is 33.4. The van der Waals surface area contributed by atoms with Gasteiger partial charge in [0.25, 0.3) is 0 Å². The van der Waals surface area contributed by atoms with Crippen LogP contribution in [0, 0.1) is 0 Å². The first kappa shape index (κ1) is 49.2. The summed E-state index contributed by atoms with van der Waals surface area (Å²) in [5, 5.41) is 24.1. The second-order valence-corrected chi connectivity index (χ2v) is 15.8. The Labute approximate surface area is 307 Å². The van der Waals surface area contributed by atoms with Gasteiger partial charge in [-0.1, -0.05) is 167 Å². The maximum Gasteiger partial charge on any atom is 0.472 e. The molecule has 0 aromatic rings. The number of allylic oxidation sites excluding steroid dienone is 2. The molecule has 9 nitrogen and oxygen atoms in total. The van der Waals surface area contributed by atoms with E-state index in [1.165, 1.54) is 122 Å². The fraction of sp³-hybridized carbons (Fsp3) is 0.925. The second kappa shape index (κ2) is 36.6. The number of phosphoric acid groups is 1. The summed E-state index contributed by atoms with van der Waals surface area (Å²) in [5.74, 6) is -0.418. The van der Waals surface area contributed by atoms with Crippen molar-refractivity contribution in [2.75, 3.05) is 19.8 Å². The predicted molar refractivity (Wildman–Crippen MR) is 209 cm³/mol. The van der Waals surface area contributed by atoms with Crippen molar-refractivity contribution < 1.29 is 33.5 Å². The molecule has 0 rings (SSSR count). The molecule has 6 N–H and O–H groups in total. The topological polar surface area (TPSA) is 151 Å². The van der Waals surface area contributed by atoms with Gasteiger partial charge in [-0.2, -0.15) is 0 Å². The fourth-order valence-electron chi connectivity index (χ4n) is 6.23. The third-order valence-electron chi connectivity index (χ3n) is 9.42. The van der Waals surface area contributed by atoms with E-state index in [1.807, 2.05) is 0 Å². The summed E-state index contributed by atoms with van der Waals surface area (Å²) in [6.07, 6.45) is 35.3. The van der Waals surface area contributed by atoms with Crippen LogP contribution in [0.1, 0.15) is 200 Å². The van der Waals surface area contributed by atoms with E-state index < -0.39 is 32.0 Å². The van der Waals surface area contributed by atoms with Gasteiger partial charge in [0.05, 0.1) is 37.9 Å². The van der Waals surface area contributed by atoms with E-state index >= 15 is 0 Å². The number of nitrogens with two attached hydrogens (primary N) is 1. The van der Waals surface area contributed by atoms with E-state index in [2.05, 4.69) is 31.3 Å². The van der Waals surface area contributed by atoms with Crippen LogP contribution in [0.2, 0.25) is 0 Å². The second-order valence-electron chi connectivity index (χ2n) is 14.4. The average Bonchev–Trinajstić information content (AvgIpc) is 3.09. The molecule has 0 saturated heterocycles. The highest BCUT2D eigenvalue weighted by Gasteiger charge is 2.28. The van der Waals surface area contributed by atoms with Crippen LogP contribution in [0.25, 0.3) is 0 Å². The normalized spacial score (nSPS) is 14.9. The third-order valence-corrected chi connectivity index (χ3v) is 10.4. The molecule has 0 heterocycles. The lowest BCUT2D eigenvalue weighted by molar-refractivity contribution is -0.125. The molecule has 0 aliphatic carbocycles. The quantitative estimate of drug-likeness (QED) is 0.0238. The van der Waals surface area contributed by atoms with Crippen LogP contribution in [0.3, 0.4) is 0 Å². The van der Waals surface area contributed by atoms with Crippen molar-refractivity contribution in [2.24, 2.45) is 5.73 Å². The minimum atomic E-state index is -4.37. The number of nitrogens with one attached hydrogen (secondary N) is 1. The van der Waals surface area contributed by atoms with Crippen molar-refractivity contribution in [2.45, 2.75) is 218 Å². The maximum atomic E-state index is 12.8. The molecule has 0 aliphatic heterocycles. The monoisotopic (exact) mass is 733 g/mol. The Kier molecular flexibility index (Phi) is 36.0. The SMILES string of the molecule is CCCCCCCC/C=C\CCCCCCCC(O)CC(=O)NC(COP(=O)(O)OCCN)C(O)CCCCCCCCCCCCCCC. The highest BCUT2D eigenvalue weighted by Crippen LogP contribution is 2.43. The fourth-order valence-corrected chi connectivity index (χ4v) is 6.99. The van der Waals surface area contributed by atoms with Crippen LogP contribution in [-0.4, -0.2) is 59.0 Å². The number of amides is 1. The molecule has 0 spiro atoms. The molecule has 10 heteroatoms. The summed E-state index contributed by atoms with van der Waals surface area (Å²) in [7, 11) is -4.37. The van der Waals surface area contributed by atoms with Crippen molar-refractivity contribution in [1.29, 1.82) is 0 Å². The van der Waals surface area contributed by atoms with Gasteiger partial charge in [-0.05, 0) is 38.5 Å². The number of hydrogen-bond acceptors (Lipinski definition) is 7. The first-order valence-electron chi connectivity index (χ1n) is 20.9. The van der Waals surface area contributed by atoms with Crippen molar-refractivity contribution in [3.8, 4) is 0 Å². The standard InChI is InChI=1S/C40H81N2O7P/c1-3-5-7-9-11-13-15-17-18-20-21-23-25-27-29-31-37(43)35-40(45)42-38(36-49-50(46,47)48-34-33-41)39(44)32-30-28-26-24-22-19-16-14-12-10-8-6-4-2/h17-18,37-39,43-44H,3-16,19-36,41H2,1-2H3,(H,42,45)(H,46,47)/b18-17-. The number of aliphatic hydroxyl groups excluding tert-OH is 2. The lowest BCUT2D eigenvalue weighted by Gasteiger charge is -2.25. The smallest absolute Gasteiger partial charge is 0.393 e. The molecular weight excluding hydrogens is 651 g/mol. The lowest BCUT2D eigenvalue weighted by Crippen LogP contribution is -2.47. The van der Waals surface area contributed by atoms with Gasteiger partial charge in [-0.3, -0.25) is 13.8 Å². The molecule has 4 atom stereocenters. The highest BCUT2D eigenvalue weighted by atomic mass is 31.2. The molecule has 0 radical (unpaired) electrons. The molecule has 0 aromatic heterocycles. The van der Waals surface area contributed by atoms with Crippen LogP contribution in [0.4, 0.5) is 0 Å². The van der Waals surface area contributed by atoms with Gasteiger partial charge in [0, 0.05) is 6.54 Å². The van der Waals surface area contributed by atoms with Gasteiger partial charge in [-0.25, -0.2) is 4.57 Å². The molecule has 1 amide bonds. The van der Waals surface area contributed by atoms with Crippen molar-refractivity contribution in [3.63, 3.8) is 0 Å². The Morgan fingerprint density at radius 1 is 0.660 bits per heavy atom. The van der Waals surface area contributed by atoms with Crippen molar-refractivity contribution in [3.05, 3.63) is 12.2 Å². The molecule has 0 aliphatic rings. The number of unbranched alkanes of at least 4 members (excludes halogenated alkanes) is 23. The van der Waals surface area contributed by atoms with Crippen LogP contribution in [0.15, 0.2) is 12.2 Å². The number of aliphatic hydroxyl groups is 2. The maximum absolute atomic E-state index is 12.8. The number of carbonyl (C=O) groups is 1. The minimum absolute atomic E-state index is 0.0599. The van der Waals surface area contributed by atoms with Gasteiger partial charge in [0.1, 0.15) is 0 Å². The first-order chi connectivity index (χ1) is 24.3. The molecular formula is C40H81N2O7P. The van der Waals surface area contributed by atoms with Crippen LogP contribution in [-0.2, 0) is 18.4 Å². The molecule has 0 aromatic carbocycles. The van der Waals surface area contributed by atoms with Gasteiger partial charge in [-0.15, -0.1) is 0 Å². The molecule has 0 bridgehead atoms. The summed E-state index contributed by atoms with van der Waals surface area (Å²) in [5.41, 5.74) is 5.36. The van der Waals surface area contributed by atoms with Gasteiger partial charge >= 0.3 is 7.82 Å². The summed E-state index contributed by atoms with van der Waals surface area (Å²) < 4.78 is 22.1. The largest absolute Gasteiger partial charge is 0.472 e. The Balaban J connectivity index is 4.30. The third kappa shape index (κ3) is 34.3. The number of phosphoric ester groups is 1. The van der Waals surface area contributed by atoms with E-state index in [-0.39, 0.29) is 26.2 Å². The highest BCUT2D eigenvalue weighted by molar-refractivity contribution is 7.47. The van der Waals surface area contributed by atoms with Crippen LogP contribution < -0.4 is 11.1 Å². The Morgan fingerprint density at radius 2 is 1.08 bits per heavy atom. The minimum Gasteiger partial charge on any atom is -0.393 e. The first-order valence-corrected chi connectivity index (χ1v) is 22.4.